The minimum absolute atomic E-state index is 0. The van der Waals surface area contributed by atoms with E-state index in [4.69, 9.17) is 20.6 Å². The summed E-state index contributed by atoms with van der Waals surface area (Å²) in [6.07, 6.45) is 1.09. The van der Waals surface area contributed by atoms with Gasteiger partial charge in [-0.15, -0.1) is 12.4 Å². The standard InChI is InChI=1S/C18H23N5O2S.ClH/c1-5-9(2)8-21-18-23-17(20)15(26-18)14-12-10(24-3)6-7-11(25-4)13(12)16(19)22-14;/h6-7,9,19H,5,8,20H2,1-4H3,(H,21,23);1H. The molecule has 0 aliphatic carbocycles. The van der Waals surface area contributed by atoms with Crippen LogP contribution in [0.15, 0.2) is 17.1 Å². The van der Waals surface area contributed by atoms with E-state index in [2.05, 4.69) is 29.1 Å². The van der Waals surface area contributed by atoms with E-state index in [-0.39, 0.29) is 18.2 Å². The zero-order chi connectivity index (χ0) is 18.8. The third-order valence-corrected chi connectivity index (χ3v) is 5.47. The molecule has 9 heteroatoms. The highest BCUT2D eigenvalue weighted by Crippen LogP contribution is 2.40. The van der Waals surface area contributed by atoms with Crippen molar-refractivity contribution in [1.82, 2.24) is 4.98 Å². The predicted molar refractivity (Wildman–Crippen MR) is 114 cm³/mol. The number of ether oxygens (including phenoxy) is 2. The van der Waals surface area contributed by atoms with Crippen molar-refractivity contribution < 1.29 is 9.47 Å². The quantitative estimate of drug-likeness (QED) is 0.644. The van der Waals surface area contributed by atoms with Gasteiger partial charge in [0.2, 0.25) is 0 Å². The number of anilines is 2. The zero-order valence-corrected chi connectivity index (χ0v) is 17.4. The molecule has 146 valence electrons. The Labute approximate surface area is 168 Å². The third kappa shape index (κ3) is 3.86. The summed E-state index contributed by atoms with van der Waals surface area (Å²) in [5.41, 5.74) is 8.10. The van der Waals surface area contributed by atoms with E-state index in [0.717, 1.165) is 28.5 Å². The molecule has 1 unspecified atom stereocenters. The average Bonchev–Trinajstić information content (AvgIpc) is 3.19. The number of hydrogen-bond donors (Lipinski definition) is 3. The van der Waals surface area contributed by atoms with Gasteiger partial charge in [0, 0.05) is 6.54 Å². The highest BCUT2D eigenvalue weighted by Gasteiger charge is 2.31. The van der Waals surface area contributed by atoms with Crippen LogP contribution in [0.1, 0.15) is 36.3 Å². The number of methoxy groups -OCH3 is 2. The second-order valence-electron chi connectivity index (χ2n) is 6.16. The van der Waals surface area contributed by atoms with Crippen LogP contribution >= 0.6 is 23.7 Å². The van der Waals surface area contributed by atoms with Gasteiger partial charge >= 0.3 is 0 Å². The molecule has 4 N–H and O–H groups in total. The molecule has 0 saturated carbocycles. The predicted octanol–water partition coefficient (Wildman–Crippen LogP) is 3.80. The van der Waals surface area contributed by atoms with Gasteiger partial charge in [0.15, 0.2) is 11.0 Å². The molecule has 2 heterocycles. The largest absolute Gasteiger partial charge is 0.496 e. The Morgan fingerprint density at radius 2 is 1.85 bits per heavy atom. The summed E-state index contributed by atoms with van der Waals surface area (Å²) in [7, 11) is 3.17. The minimum atomic E-state index is 0. The number of nitrogens with two attached hydrogens (primary N) is 1. The topological polar surface area (TPSA) is 106 Å². The first-order valence-electron chi connectivity index (χ1n) is 8.43. The highest BCUT2D eigenvalue weighted by atomic mass is 35.5. The Kier molecular flexibility index (Phi) is 6.67. The monoisotopic (exact) mass is 409 g/mol. The highest BCUT2D eigenvalue weighted by molar-refractivity contribution is 7.18. The van der Waals surface area contributed by atoms with Gasteiger partial charge in [-0.3, -0.25) is 5.41 Å². The molecule has 0 radical (unpaired) electrons. The Bertz CT molecular complexity index is 881. The second-order valence-corrected chi connectivity index (χ2v) is 7.16. The average molecular weight is 410 g/mol. The lowest BCUT2D eigenvalue weighted by Crippen LogP contribution is -2.09. The number of aromatic nitrogens is 1. The van der Waals surface area contributed by atoms with Crippen LogP contribution in [0.25, 0.3) is 0 Å². The van der Waals surface area contributed by atoms with E-state index in [1.54, 1.807) is 20.3 Å². The number of aliphatic imine (C=N–C) groups is 1. The Morgan fingerprint density at radius 3 is 2.44 bits per heavy atom. The van der Waals surface area contributed by atoms with E-state index in [1.807, 2.05) is 6.07 Å². The number of fused-ring (bicyclic) bond motifs is 1. The number of nitrogen functional groups attached to an aromatic ring is 1. The van der Waals surface area contributed by atoms with Gasteiger partial charge in [-0.2, -0.15) is 0 Å². The fraction of sp³-hybridized carbons (Fsp3) is 0.389. The summed E-state index contributed by atoms with van der Waals surface area (Å²) < 4.78 is 10.9. The summed E-state index contributed by atoms with van der Waals surface area (Å²) >= 11 is 1.44. The molecule has 27 heavy (non-hydrogen) atoms. The molecule has 1 aliphatic rings. The van der Waals surface area contributed by atoms with E-state index in [0.29, 0.717) is 34.5 Å². The van der Waals surface area contributed by atoms with Gasteiger partial charge in [0.05, 0.1) is 35.9 Å². The summed E-state index contributed by atoms with van der Waals surface area (Å²) in [5.74, 6) is 2.29. The molecule has 0 saturated heterocycles. The van der Waals surface area contributed by atoms with E-state index in [1.165, 1.54) is 11.3 Å². The second kappa shape index (κ2) is 8.58. The van der Waals surface area contributed by atoms with Gasteiger partial charge in [0.1, 0.15) is 17.3 Å². The van der Waals surface area contributed by atoms with Gasteiger partial charge in [-0.1, -0.05) is 31.6 Å². The maximum atomic E-state index is 8.27. The van der Waals surface area contributed by atoms with Crippen LogP contribution in [0.4, 0.5) is 10.9 Å². The van der Waals surface area contributed by atoms with Crippen molar-refractivity contribution in [3.05, 3.63) is 28.1 Å². The molecule has 1 aromatic heterocycles. The van der Waals surface area contributed by atoms with Gasteiger partial charge in [-0.25, -0.2) is 9.98 Å². The molecule has 1 aromatic carbocycles. The molecule has 0 fully saturated rings. The van der Waals surface area contributed by atoms with Crippen LogP contribution in [0.2, 0.25) is 0 Å². The molecule has 0 spiro atoms. The van der Waals surface area contributed by atoms with Crippen LogP contribution in [0, 0.1) is 11.3 Å². The molecule has 1 atom stereocenters. The van der Waals surface area contributed by atoms with E-state index >= 15 is 0 Å². The number of nitrogens with one attached hydrogen (secondary N) is 2. The Morgan fingerprint density at radius 1 is 1.22 bits per heavy atom. The Balaban J connectivity index is 0.00000261. The van der Waals surface area contributed by atoms with Crippen LogP contribution in [-0.4, -0.2) is 37.3 Å². The number of benzene rings is 1. The fourth-order valence-corrected chi connectivity index (χ4v) is 3.63. The van der Waals surface area contributed by atoms with E-state index in [9.17, 15) is 0 Å². The third-order valence-electron chi connectivity index (χ3n) is 4.43. The maximum absolute atomic E-state index is 8.27. The molecular weight excluding hydrogens is 386 g/mol. The maximum Gasteiger partial charge on any atom is 0.185 e. The summed E-state index contributed by atoms with van der Waals surface area (Å²) in [6, 6.07) is 3.59. The van der Waals surface area contributed by atoms with Crippen molar-refractivity contribution in [3.8, 4) is 11.5 Å². The first kappa shape index (κ1) is 21.0. The lowest BCUT2D eigenvalue weighted by Gasteiger charge is -2.11. The number of hydrogen-bond acceptors (Lipinski definition) is 7. The molecule has 2 aromatic rings. The normalized spacial score (nSPS) is 13.5. The molecule has 0 bridgehead atoms. The van der Waals surface area contributed by atoms with Gasteiger partial charge in [-0.05, 0) is 18.1 Å². The van der Waals surface area contributed by atoms with Crippen LogP contribution in [0.5, 0.6) is 11.5 Å². The van der Waals surface area contributed by atoms with Crippen molar-refractivity contribution in [1.29, 1.82) is 5.41 Å². The minimum Gasteiger partial charge on any atom is -0.496 e. The number of amidine groups is 1. The van der Waals surface area contributed by atoms with Crippen molar-refractivity contribution in [2.45, 2.75) is 20.3 Å². The van der Waals surface area contributed by atoms with Crippen LogP contribution < -0.4 is 20.5 Å². The number of thiazole rings is 1. The molecule has 1 aliphatic heterocycles. The number of halogens is 1. The first-order valence-corrected chi connectivity index (χ1v) is 9.25. The van der Waals surface area contributed by atoms with Gasteiger partial charge in [0.25, 0.3) is 0 Å². The lowest BCUT2D eigenvalue weighted by atomic mass is 10.0. The SMILES string of the molecule is CCC(C)CNc1nc(N)c(C2=NC(=N)c3c(OC)ccc(OC)c32)s1.Cl. The molecular formula is C18H24ClN5O2S. The summed E-state index contributed by atoms with van der Waals surface area (Å²) in [4.78, 5) is 9.58. The zero-order valence-electron chi connectivity index (χ0n) is 15.8. The summed E-state index contributed by atoms with van der Waals surface area (Å²) in [5, 5.41) is 12.4. The van der Waals surface area contributed by atoms with Crippen LogP contribution in [-0.2, 0) is 0 Å². The number of rotatable bonds is 7. The fourth-order valence-electron chi connectivity index (χ4n) is 2.75. The van der Waals surface area contributed by atoms with E-state index < -0.39 is 0 Å². The van der Waals surface area contributed by atoms with Crippen molar-refractivity contribution >= 4 is 46.2 Å². The van der Waals surface area contributed by atoms with Crippen molar-refractivity contribution in [3.63, 3.8) is 0 Å². The number of nitrogens with zero attached hydrogens (tertiary/aromatic N) is 2. The molecule has 0 amide bonds. The smallest absolute Gasteiger partial charge is 0.185 e. The Hall–Kier alpha value is -2.32. The van der Waals surface area contributed by atoms with Crippen molar-refractivity contribution in [2.24, 2.45) is 10.9 Å². The first-order chi connectivity index (χ1) is 12.5. The van der Waals surface area contributed by atoms with Crippen LogP contribution in [0.3, 0.4) is 0 Å². The van der Waals surface area contributed by atoms with Crippen molar-refractivity contribution in [2.75, 3.05) is 31.8 Å². The lowest BCUT2D eigenvalue weighted by molar-refractivity contribution is 0.402. The molecule has 7 nitrogen and oxygen atoms in total. The summed E-state index contributed by atoms with van der Waals surface area (Å²) in [6.45, 7) is 5.17. The van der Waals surface area contributed by atoms with Gasteiger partial charge < -0.3 is 20.5 Å². The molecule has 3 rings (SSSR count).